The Morgan fingerprint density at radius 1 is 0.931 bits per heavy atom. The van der Waals surface area contributed by atoms with E-state index in [0.717, 1.165) is 31.1 Å². The van der Waals surface area contributed by atoms with E-state index in [4.69, 9.17) is 4.74 Å². The molecule has 1 aromatic rings. The van der Waals surface area contributed by atoms with Crippen LogP contribution in [0.3, 0.4) is 0 Å². The number of fused-ring (bicyclic) bond motifs is 5. The number of ether oxygens (including phenoxy) is 1. The molecule has 0 spiro atoms. The maximum atomic E-state index is 12.7. The number of hydrogen-bond acceptors (Lipinski definition) is 3. The van der Waals surface area contributed by atoms with Gasteiger partial charge in [-0.2, -0.15) is 0 Å². The molecule has 0 saturated heterocycles. The first-order valence-corrected chi connectivity index (χ1v) is 11.9. The molecule has 0 aromatic heterocycles. The average molecular weight is 397 g/mol. The molecule has 5 rings (SSSR count). The summed E-state index contributed by atoms with van der Waals surface area (Å²) in [5.74, 6) is 2.78. The molecule has 1 N–H and O–H groups in total. The van der Waals surface area contributed by atoms with E-state index in [-0.39, 0.29) is 23.6 Å². The summed E-state index contributed by atoms with van der Waals surface area (Å²) in [4.78, 5) is 12.7. The fourth-order valence-corrected chi connectivity index (χ4v) is 8.15. The Hall–Kier alpha value is -1.35. The van der Waals surface area contributed by atoms with Crippen LogP contribution in [0, 0.1) is 34.5 Å². The number of aliphatic hydroxyl groups is 1. The van der Waals surface area contributed by atoms with Crippen LogP contribution in [0.5, 0.6) is 0 Å². The van der Waals surface area contributed by atoms with Gasteiger partial charge in [0.1, 0.15) is 6.10 Å². The van der Waals surface area contributed by atoms with Gasteiger partial charge in [0.05, 0.1) is 11.7 Å². The lowest BCUT2D eigenvalue weighted by molar-refractivity contribution is -0.134. The lowest BCUT2D eigenvalue weighted by Gasteiger charge is -2.60. The highest BCUT2D eigenvalue weighted by atomic mass is 16.5. The van der Waals surface area contributed by atoms with Crippen molar-refractivity contribution in [2.75, 3.05) is 0 Å². The van der Waals surface area contributed by atoms with E-state index in [2.05, 4.69) is 13.8 Å². The van der Waals surface area contributed by atoms with Crippen molar-refractivity contribution in [2.45, 2.75) is 83.8 Å². The number of esters is 1. The first-order valence-electron chi connectivity index (χ1n) is 11.9. The molecule has 158 valence electrons. The number of carbonyl (C=O) groups is 1. The summed E-state index contributed by atoms with van der Waals surface area (Å²) in [6.45, 7) is 4.94. The van der Waals surface area contributed by atoms with E-state index in [0.29, 0.717) is 22.8 Å². The standard InChI is InChI=1S/C26H36O3/c1-25-14-12-19(27)16-18(25)8-9-20-21-10-11-23(26(21,2)15-13-22(20)25)29-24(28)17-6-4-3-5-7-17/h3-7,18-23,27H,8-16H2,1-2H3/t18?,19?,20-,21-,22+,23?,25-,26-/m0/s1. The molecule has 8 atom stereocenters. The number of hydrogen-bond donors (Lipinski definition) is 1. The van der Waals surface area contributed by atoms with E-state index >= 15 is 0 Å². The number of rotatable bonds is 2. The SMILES string of the molecule is C[C@]12CCC(O)CC1CC[C@@H]1[C@H]2CC[C@]2(C)C(OC(=O)c3ccccc3)CC[C@@H]12. The van der Waals surface area contributed by atoms with Crippen molar-refractivity contribution in [2.24, 2.45) is 34.5 Å². The first-order chi connectivity index (χ1) is 13.9. The quantitative estimate of drug-likeness (QED) is 0.660. The zero-order valence-corrected chi connectivity index (χ0v) is 18.0. The molecule has 0 aliphatic heterocycles. The predicted octanol–water partition coefficient (Wildman–Crippen LogP) is 5.62. The molecule has 0 radical (unpaired) electrons. The first kappa shape index (κ1) is 19.6. The van der Waals surface area contributed by atoms with Gasteiger partial charge in [0.2, 0.25) is 0 Å². The minimum Gasteiger partial charge on any atom is -0.458 e. The van der Waals surface area contributed by atoms with Crippen LogP contribution in [0.15, 0.2) is 30.3 Å². The van der Waals surface area contributed by atoms with Crippen LogP contribution < -0.4 is 0 Å². The molecule has 0 amide bonds. The molecule has 3 unspecified atom stereocenters. The summed E-state index contributed by atoms with van der Waals surface area (Å²) in [6.07, 6.45) is 10.4. The smallest absolute Gasteiger partial charge is 0.338 e. The van der Waals surface area contributed by atoms with Crippen LogP contribution in [0.2, 0.25) is 0 Å². The summed E-state index contributed by atoms with van der Waals surface area (Å²) in [7, 11) is 0. The van der Waals surface area contributed by atoms with Gasteiger partial charge in [-0.15, -0.1) is 0 Å². The molecule has 4 fully saturated rings. The monoisotopic (exact) mass is 396 g/mol. The highest BCUT2D eigenvalue weighted by Gasteiger charge is 2.61. The molecule has 4 saturated carbocycles. The molecule has 0 heterocycles. The number of benzene rings is 1. The lowest BCUT2D eigenvalue weighted by atomic mass is 9.45. The second-order valence-electron chi connectivity index (χ2n) is 11.0. The second kappa shape index (κ2) is 7.11. The van der Waals surface area contributed by atoms with Crippen LogP contribution in [-0.4, -0.2) is 23.3 Å². The van der Waals surface area contributed by atoms with E-state index in [9.17, 15) is 9.90 Å². The van der Waals surface area contributed by atoms with Gasteiger partial charge in [-0.05, 0) is 99.0 Å². The maximum absolute atomic E-state index is 12.7. The van der Waals surface area contributed by atoms with Gasteiger partial charge in [-0.1, -0.05) is 32.0 Å². The van der Waals surface area contributed by atoms with Crippen molar-refractivity contribution >= 4 is 5.97 Å². The van der Waals surface area contributed by atoms with Crippen molar-refractivity contribution in [3.8, 4) is 0 Å². The Labute approximate surface area is 175 Å². The summed E-state index contributed by atoms with van der Waals surface area (Å²) >= 11 is 0. The van der Waals surface area contributed by atoms with Gasteiger partial charge in [0.15, 0.2) is 0 Å². The fourth-order valence-electron chi connectivity index (χ4n) is 8.15. The van der Waals surface area contributed by atoms with Gasteiger partial charge < -0.3 is 9.84 Å². The van der Waals surface area contributed by atoms with Crippen LogP contribution in [-0.2, 0) is 4.74 Å². The summed E-state index contributed by atoms with van der Waals surface area (Å²) in [6, 6.07) is 9.45. The van der Waals surface area contributed by atoms with Crippen molar-refractivity contribution in [1.29, 1.82) is 0 Å². The molecule has 3 nitrogen and oxygen atoms in total. The highest BCUT2D eigenvalue weighted by Crippen LogP contribution is 2.66. The predicted molar refractivity (Wildman–Crippen MR) is 113 cm³/mol. The second-order valence-corrected chi connectivity index (χ2v) is 11.0. The minimum atomic E-state index is -0.156. The van der Waals surface area contributed by atoms with Gasteiger partial charge >= 0.3 is 5.97 Å². The van der Waals surface area contributed by atoms with Crippen LogP contribution >= 0.6 is 0 Å². The Balaban J connectivity index is 1.34. The van der Waals surface area contributed by atoms with Gasteiger partial charge in [-0.3, -0.25) is 0 Å². The van der Waals surface area contributed by atoms with E-state index in [1.54, 1.807) is 0 Å². The van der Waals surface area contributed by atoms with Crippen LogP contribution in [0.4, 0.5) is 0 Å². The third kappa shape index (κ3) is 3.07. The fraction of sp³-hybridized carbons (Fsp3) is 0.731. The van der Waals surface area contributed by atoms with Crippen molar-refractivity contribution in [3.05, 3.63) is 35.9 Å². The zero-order valence-electron chi connectivity index (χ0n) is 18.0. The molecule has 29 heavy (non-hydrogen) atoms. The third-order valence-electron chi connectivity index (χ3n) is 9.81. The topological polar surface area (TPSA) is 46.5 Å². The van der Waals surface area contributed by atoms with Gasteiger partial charge in [0, 0.05) is 5.41 Å². The third-order valence-corrected chi connectivity index (χ3v) is 9.81. The highest BCUT2D eigenvalue weighted by molar-refractivity contribution is 5.89. The summed E-state index contributed by atoms with van der Waals surface area (Å²) < 4.78 is 6.12. The van der Waals surface area contributed by atoms with Crippen LogP contribution in [0.1, 0.15) is 82.0 Å². The molecule has 4 aliphatic rings. The Kier molecular flexibility index (Phi) is 4.81. The normalized spacial score (nSPS) is 46.3. The molecule has 0 bridgehead atoms. The van der Waals surface area contributed by atoms with Crippen molar-refractivity contribution in [3.63, 3.8) is 0 Å². The van der Waals surface area contributed by atoms with Gasteiger partial charge in [0.25, 0.3) is 0 Å². The maximum Gasteiger partial charge on any atom is 0.338 e. The van der Waals surface area contributed by atoms with Crippen molar-refractivity contribution < 1.29 is 14.6 Å². The van der Waals surface area contributed by atoms with Crippen molar-refractivity contribution in [1.82, 2.24) is 0 Å². The number of carbonyl (C=O) groups excluding carboxylic acids is 1. The minimum absolute atomic E-state index is 0.0554. The largest absolute Gasteiger partial charge is 0.458 e. The molecule has 4 aliphatic carbocycles. The molecular formula is C26H36O3. The zero-order chi connectivity index (χ0) is 20.2. The number of aliphatic hydroxyl groups excluding tert-OH is 1. The van der Waals surface area contributed by atoms with E-state index in [1.807, 2.05) is 30.3 Å². The summed E-state index contributed by atoms with van der Waals surface area (Å²) in [5.41, 5.74) is 1.20. The molecule has 1 aromatic carbocycles. The van der Waals surface area contributed by atoms with E-state index < -0.39 is 0 Å². The summed E-state index contributed by atoms with van der Waals surface area (Å²) in [5, 5.41) is 10.2. The average Bonchev–Trinajstić information content (AvgIpc) is 3.05. The Morgan fingerprint density at radius 2 is 1.66 bits per heavy atom. The Bertz CT molecular complexity index is 760. The molecule has 3 heteroatoms. The van der Waals surface area contributed by atoms with E-state index in [1.165, 1.54) is 38.5 Å². The molecular weight excluding hydrogens is 360 g/mol. The Morgan fingerprint density at radius 3 is 2.45 bits per heavy atom. The van der Waals surface area contributed by atoms with Crippen LogP contribution in [0.25, 0.3) is 0 Å². The van der Waals surface area contributed by atoms with Gasteiger partial charge in [-0.25, -0.2) is 4.79 Å². The lowest BCUT2D eigenvalue weighted by Crippen LogP contribution is -2.54.